The lowest BCUT2D eigenvalue weighted by Gasteiger charge is -2.21. The lowest BCUT2D eigenvalue weighted by Crippen LogP contribution is -2.21. The van der Waals surface area contributed by atoms with Gasteiger partial charge in [0, 0.05) is 20.6 Å². The van der Waals surface area contributed by atoms with E-state index in [9.17, 15) is 0 Å². The van der Waals surface area contributed by atoms with Crippen molar-refractivity contribution in [2.45, 2.75) is 65.1 Å². The van der Waals surface area contributed by atoms with Crippen LogP contribution >= 0.6 is 0 Å². The highest BCUT2D eigenvalue weighted by Gasteiger charge is 2.16. The average Bonchev–Trinajstić information content (AvgIpc) is 2.43. The highest BCUT2D eigenvalue weighted by molar-refractivity contribution is 4.68. The molecule has 3 nitrogen and oxygen atoms in total. The Kier molecular flexibility index (Phi) is 13.5. The van der Waals surface area contributed by atoms with E-state index in [0.29, 0.717) is 5.92 Å². The van der Waals surface area contributed by atoms with E-state index in [1.165, 1.54) is 38.5 Å². The van der Waals surface area contributed by atoms with Gasteiger partial charge in [-0.2, -0.15) is 0 Å². The van der Waals surface area contributed by atoms with Gasteiger partial charge in [0.2, 0.25) is 0 Å². The molecule has 0 saturated heterocycles. The molecule has 0 aliphatic heterocycles. The quantitative estimate of drug-likeness (QED) is 0.280. The number of allylic oxidation sites excluding steroid dienone is 1. The Morgan fingerprint density at radius 2 is 1.68 bits per heavy atom. The first-order chi connectivity index (χ1) is 9.28. The van der Waals surface area contributed by atoms with E-state index in [1.54, 1.807) is 20.5 Å². The molecule has 0 aromatic rings. The van der Waals surface area contributed by atoms with Crippen LogP contribution in [0.5, 0.6) is 0 Å². The molecule has 0 amide bonds. The molecule has 0 N–H and O–H groups in total. The molecule has 0 spiro atoms. The molecule has 19 heavy (non-hydrogen) atoms. The second-order valence-corrected chi connectivity index (χ2v) is 5.01. The maximum absolute atomic E-state index is 5.52. The molecular weight excluding hydrogens is 240 g/mol. The molecule has 0 radical (unpaired) electrons. The van der Waals surface area contributed by atoms with Crippen LogP contribution in [0.15, 0.2) is 12.3 Å². The predicted molar refractivity (Wildman–Crippen MR) is 80.1 cm³/mol. The van der Waals surface area contributed by atoms with Crippen molar-refractivity contribution in [3.63, 3.8) is 0 Å². The first-order valence-electron chi connectivity index (χ1n) is 7.56. The topological polar surface area (TPSA) is 27.7 Å². The summed E-state index contributed by atoms with van der Waals surface area (Å²) in [4.78, 5) is 0. The van der Waals surface area contributed by atoms with Gasteiger partial charge in [0.1, 0.15) is 0 Å². The molecule has 0 heterocycles. The highest BCUT2D eigenvalue weighted by atomic mass is 16.7. The van der Waals surface area contributed by atoms with Gasteiger partial charge in [-0.3, -0.25) is 0 Å². The maximum atomic E-state index is 5.52. The molecule has 1 atom stereocenters. The monoisotopic (exact) mass is 272 g/mol. The van der Waals surface area contributed by atoms with Gasteiger partial charge in [0.05, 0.1) is 12.9 Å². The van der Waals surface area contributed by atoms with Crippen LogP contribution < -0.4 is 0 Å². The Morgan fingerprint density at radius 1 is 1.00 bits per heavy atom. The molecule has 0 bridgehead atoms. The third-order valence-electron chi connectivity index (χ3n) is 3.33. The second-order valence-electron chi connectivity index (χ2n) is 5.01. The van der Waals surface area contributed by atoms with E-state index in [2.05, 4.69) is 6.92 Å². The van der Waals surface area contributed by atoms with Crippen LogP contribution in [-0.2, 0) is 14.2 Å². The minimum Gasteiger partial charge on any atom is -0.501 e. The Hall–Kier alpha value is -0.540. The zero-order valence-electron chi connectivity index (χ0n) is 13.2. The van der Waals surface area contributed by atoms with Crippen LogP contribution in [0.2, 0.25) is 0 Å². The summed E-state index contributed by atoms with van der Waals surface area (Å²) in [5.41, 5.74) is 0. The third-order valence-corrected chi connectivity index (χ3v) is 3.33. The van der Waals surface area contributed by atoms with Gasteiger partial charge in [0.15, 0.2) is 6.29 Å². The van der Waals surface area contributed by atoms with Gasteiger partial charge < -0.3 is 14.2 Å². The SMILES string of the molecule is CC=COCC(CCCCCCC)CC(OC)OC. The Balaban J connectivity index is 3.94. The number of rotatable bonds is 13. The molecule has 0 saturated carbocycles. The molecule has 0 aliphatic rings. The molecule has 114 valence electrons. The average molecular weight is 272 g/mol. The van der Waals surface area contributed by atoms with E-state index in [-0.39, 0.29) is 6.29 Å². The summed E-state index contributed by atoms with van der Waals surface area (Å²) in [7, 11) is 3.39. The van der Waals surface area contributed by atoms with Gasteiger partial charge in [-0.15, -0.1) is 0 Å². The van der Waals surface area contributed by atoms with Crippen LogP contribution in [0, 0.1) is 5.92 Å². The van der Waals surface area contributed by atoms with Crippen molar-refractivity contribution >= 4 is 0 Å². The molecule has 0 aliphatic carbocycles. The number of hydrogen-bond donors (Lipinski definition) is 0. The molecule has 0 rings (SSSR count). The molecule has 3 heteroatoms. The van der Waals surface area contributed by atoms with Gasteiger partial charge in [0.25, 0.3) is 0 Å². The number of unbranched alkanes of at least 4 members (excludes halogenated alkanes) is 4. The second kappa shape index (κ2) is 13.9. The molecule has 1 unspecified atom stereocenters. The Bertz CT molecular complexity index is 200. The van der Waals surface area contributed by atoms with E-state index >= 15 is 0 Å². The van der Waals surface area contributed by atoms with Gasteiger partial charge >= 0.3 is 0 Å². The smallest absolute Gasteiger partial charge is 0.157 e. The van der Waals surface area contributed by atoms with Crippen LogP contribution in [-0.4, -0.2) is 27.1 Å². The first-order valence-corrected chi connectivity index (χ1v) is 7.56. The largest absolute Gasteiger partial charge is 0.501 e. The van der Waals surface area contributed by atoms with Gasteiger partial charge in [-0.05, 0) is 19.3 Å². The van der Waals surface area contributed by atoms with E-state index in [4.69, 9.17) is 14.2 Å². The van der Waals surface area contributed by atoms with Crippen molar-refractivity contribution in [2.24, 2.45) is 5.92 Å². The normalized spacial score (nSPS) is 13.3. The molecule has 0 fully saturated rings. The summed E-state index contributed by atoms with van der Waals surface area (Å²) < 4.78 is 16.1. The summed E-state index contributed by atoms with van der Waals surface area (Å²) in [5, 5.41) is 0. The minimum atomic E-state index is -0.116. The fourth-order valence-electron chi connectivity index (χ4n) is 2.15. The van der Waals surface area contributed by atoms with Crippen molar-refractivity contribution in [3.8, 4) is 0 Å². The fourth-order valence-corrected chi connectivity index (χ4v) is 2.15. The zero-order valence-corrected chi connectivity index (χ0v) is 13.2. The summed E-state index contributed by atoms with van der Waals surface area (Å²) >= 11 is 0. The molecule has 0 aromatic carbocycles. The minimum absolute atomic E-state index is 0.116. The van der Waals surface area contributed by atoms with E-state index in [1.807, 2.05) is 13.0 Å². The van der Waals surface area contributed by atoms with Crippen LogP contribution in [0.3, 0.4) is 0 Å². The standard InChI is InChI=1S/C16H32O3/c1-5-7-8-9-10-11-15(14-19-12-6-2)13-16(17-3)18-4/h6,12,15-16H,5,7-11,13-14H2,1-4H3. The van der Waals surface area contributed by atoms with Crippen molar-refractivity contribution in [1.82, 2.24) is 0 Å². The Labute approximate surface area is 119 Å². The highest BCUT2D eigenvalue weighted by Crippen LogP contribution is 2.19. The third kappa shape index (κ3) is 11.0. The molecule has 0 aromatic heterocycles. The molecular formula is C16H32O3. The number of hydrogen-bond acceptors (Lipinski definition) is 3. The lowest BCUT2D eigenvalue weighted by molar-refractivity contribution is -0.117. The van der Waals surface area contributed by atoms with E-state index in [0.717, 1.165) is 13.0 Å². The number of ether oxygens (including phenoxy) is 3. The van der Waals surface area contributed by atoms with Crippen LogP contribution in [0.25, 0.3) is 0 Å². The summed E-state index contributed by atoms with van der Waals surface area (Å²) in [6.45, 7) is 4.96. The Morgan fingerprint density at radius 3 is 2.26 bits per heavy atom. The maximum Gasteiger partial charge on any atom is 0.157 e. The van der Waals surface area contributed by atoms with Gasteiger partial charge in [-0.1, -0.05) is 45.1 Å². The predicted octanol–water partition coefficient (Wildman–Crippen LogP) is 4.52. The lowest BCUT2D eigenvalue weighted by atomic mass is 9.97. The van der Waals surface area contributed by atoms with Crippen molar-refractivity contribution in [2.75, 3.05) is 20.8 Å². The first kappa shape index (κ1) is 18.5. The summed E-state index contributed by atoms with van der Waals surface area (Å²) in [6.07, 6.45) is 12.2. The zero-order chi connectivity index (χ0) is 14.3. The van der Waals surface area contributed by atoms with Crippen LogP contribution in [0.1, 0.15) is 58.8 Å². The van der Waals surface area contributed by atoms with Crippen LogP contribution in [0.4, 0.5) is 0 Å². The summed E-state index contributed by atoms with van der Waals surface area (Å²) in [6, 6.07) is 0. The number of methoxy groups -OCH3 is 2. The van der Waals surface area contributed by atoms with Crippen molar-refractivity contribution in [1.29, 1.82) is 0 Å². The van der Waals surface area contributed by atoms with Gasteiger partial charge in [-0.25, -0.2) is 0 Å². The van der Waals surface area contributed by atoms with E-state index < -0.39 is 0 Å². The fraction of sp³-hybridized carbons (Fsp3) is 0.875. The summed E-state index contributed by atoms with van der Waals surface area (Å²) in [5.74, 6) is 0.503. The van der Waals surface area contributed by atoms with Crippen molar-refractivity contribution < 1.29 is 14.2 Å². The van der Waals surface area contributed by atoms with Crippen molar-refractivity contribution in [3.05, 3.63) is 12.3 Å².